The zero-order chi connectivity index (χ0) is 10.6. The Balaban J connectivity index is 2.93. The number of carbonyl (C=O) groups excluding carboxylic acids is 1. The number of alkyl halides is 1. The number of anilines is 1. The Morgan fingerprint density at radius 1 is 1.50 bits per heavy atom. The summed E-state index contributed by atoms with van der Waals surface area (Å²) in [6.07, 6.45) is 0.901. The van der Waals surface area contributed by atoms with E-state index in [-0.39, 0.29) is 11.8 Å². The third-order valence-corrected chi connectivity index (χ3v) is 2.28. The number of aryl methyl sites for hydroxylation is 2. The van der Waals surface area contributed by atoms with Crippen LogP contribution in [0.1, 0.15) is 18.1 Å². The first-order valence-electron chi connectivity index (χ1n) is 4.62. The summed E-state index contributed by atoms with van der Waals surface area (Å²) in [6.45, 7) is 4.05. The van der Waals surface area contributed by atoms with Gasteiger partial charge in [-0.2, -0.15) is 0 Å². The minimum atomic E-state index is -0.160. The molecule has 76 valence electrons. The lowest BCUT2D eigenvalue weighted by Crippen LogP contribution is -2.14. The van der Waals surface area contributed by atoms with Crippen molar-refractivity contribution >= 4 is 23.2 Å². The largest absolute Gasteiger partial charge is 0.325 e. The molecule has 1 aromatic rings. The fourth-order valence-electron chi connectivity index (χ4n) is 1.30. The number of rotatable bonds is 3. The first-order chi connectivity index (χ1) is 6.67. The van der Waals surface area contributed by atoms with E-state index in [0.717, 1.165) is 23.2 Å². The molecule has 0 atom stereocenters. The van der Waals surface area contributed by atoms with Crippen molar-refractivity contribution in [3.8, 4) is 0 Å². The molecular formula is C11H14ClNO. The highest BCUT2D eigenvalue weighted by molar-refractivity contribution is 6.29. The maximum atomic E-state index is 11.1. The van der Waals surface area contributed by atoms with Gasteiger partial charge >= 0.3 is 0 Å². The molecule has 3 heteroatoms. The molecule has 0 spiro atoms. The van der Waals surface area contributed by atoms with E-state index in [2.05, 4.69) is 12.2 Å². The van der Waals surface area contributed by atoms with Crippen LogP contribution < -0.4 is 5.32 Å². The quantitative estimate of drug-likeness (QED) is 0.766. The van der Waals surface area contributed by atoms with Crippen molar-refractivity contribution in [2.75, 3.05) is 11.2 Å². The molecule has 0 radical (unpaired) electrons. The molecule has 14 heavy (non-hydrogen) atoms. The molecule has 0 aliphatic carbocycles. The summed E-state index contributed by atoms with van der Waals surface area (Å²) in [5.74, 6) is -0.163. The molecule has 0 saturated heterocycles. The molecule has 0 aliphatic heterocycles. The average Bonchev–Trinajstić information content (AvgIpc) is 2.18. The molecule has 1 amide bonds. The molecule has 0 fully saturated rings. The SMILES string of the molecule is CCc1ccc(C)cc1NC(=O)CCl. The predicted molar refractivity (Wildman–Crippen MR) is 59.9 cm³/mol. The van der Waals surface area contributed by atoms with E-state index >= 15 is 0 Å². The molecular weight excluding hydrogens is 198 g/mol. The van der Waals surface area contributed by atoms with Crippen LogP contribution in [0.2, 0.25) is 0 Å². The minimum Gasteiger partial charge on any atom is -0.325 e. The fraction of sp³-hybridized carbons (Fsp3) is 0.364. The molecule has 0 aromatic heterocycles. The van der Waals surface area contributed by atoms with E-state index in [4.69, 9.17) is 11.6 Å². The summed E-state index contributed by atoms with van der Waals surface area (Å²) in [5, 5.41) is 2.78. The van der Waals surface area contributed by atoms with Crippen molar-refractivity contribution in [2.45, 2.75) is 20.3 Å². The predicted octanol–water partition coefficient (Wildman–Crippen LogP) is 2.73. The number of carbonyl (C=O) groups is 1. The summed E-state index contributed by atoms with van der Waals surface area (Å²) in [4.78, 5) is 11.1. The van der Waals surface area contributed by atoms with Gasteiger partial charge in [0.05, 0.1) is 0 Å². The van der Waals surface area contributed by atoms with Crippen LogP contribution in [0.25, 0.3) is 0 Å². The molecule has 2 nitrogen and oxygen atoms in total. The highest BCUT2D eigenvalue weighted by Crippen LogP contribution is 2.18. The van der Waals surface area contributed by atoms with Gasteiger partial charge in [-0.25, -0.2) is 0 Å². The summed E-state index contributed by atoms with van der Waals surface area (Å²) >= 11 is 5.43. The van der Waals surface area contributed by atoms with E-state index < -0.39 is 0 Å². The number of benzene rings is 1. The number of amides is 1. The van der Waals surface area contributed by atoms with Gasteiger partial charge in [0.25, 0.3) is 0 Å². The number of halogens is 1. The summed E-state index contributed by atoms with van der Waals surface area (Å²) in [7, 11) is 0. The van der Waals surface area contributed by atoms with Crippen LogP contribution in [0, 0.1) is 6.92 Å². The second-order valence-electron chi connectivity index (χ2n) is 3.20. The van der Waals surface area contributed by atoms with Gasteiger partial charge in [0.2, 0.25) is 5.91 Å². The average molecular weight is 212 g/mol. The Labute approximate surface area is 89.3 Å². The van der Waals surface area contributed by atoms with Crippen LogP contribution in [0.5, 0.6) is 0 Å². The van der Waals surface area contributed by atoms with Crippen LogP contribution in [0.3, 0.4) is 0 Å². The maximum absolute atomic E-state index is 11.1. The lowest BCUT2D eigenvalue weighted by molar-refractivity contribution is -0.113. The van der Waals surface area contributed by atoms with Crippen molar-refractivity contribution in [2.24, 2.45) is 0 Å². The van der Waals surface area contributed by atoms with Gasteiger partial charge in [0.15, 0.2) is 0 Å². The zero-order valence-corrected chi connectivity index (χ0v) is 9.19. The van der Waals surface area contributed by atoms with E-state index in [1.807, 2.05) is 25.1 Å². The summed E-state index contributed by atoms with van der Waals surface area (Å²) in [6, 6.07) is 6.03. The maximum Gasteiger partial charge on any atom is 0.239 e. The Kier molecular flexibility index (Phi) is 3.96. The Hall–Kier alpha value is -1.02. The topological polar surface area (TPSA) is 29.1 Å². The third kappa shape index (κ3) is 2.74. The van der Waals surface area contributed by atoms with Crippen LogP contribution in [-0.2, 0) is 11.2 Å². The molecule has 1 rings (SSSR count). The highest BCUT2D eigenvalue weighted by atomic mass is 35.5. The monoisotopic (exact) mass is 211 g/mol. The molecule has 0 bridgehead atoms. The van der Waals surface area contributed by atoms with E-state index in [1.54, 1.807) is 0 Å². The Morgan fingerprint density at radius 3 is 2.79 bits per heavy atom. The summed E-state index contributed by atoms with van der Waals surface area (Å²) in [5.41, 5.74) is 3.14. The third-order valence-electron chi connectivity index (χ3n) is 2.04. The Morgan fingerprint density at radius 2 is 2.21 bits per heavy atom. The summed E-state index contributed by atoms with van der Waals surface area (Å²) < 4.78 is 0. The number of hydrogen-bond acceptors (Lipinski definition) is 1. The molecule has 0 saturated carbocycles. The van der Waals surface area contributed by atoms with E-state index in [0.29, 0.717) is 0 Å². The van der Waals surface area contributed by atoms with Gasteiger partial charge < -0.3 is 5.32 Å². The second-order valence-corrected chi connectivity index (χ2v) is 3.46. The van der Waals surface area contributed by atoms with Crippen molar-refractivity contribution < 1.29 is 4.79 Å². The van der Waals surface area contributed by atoms with E-state index in [1.165, 1.54) is 0 Å². The van der Waals surface area contributed by atoms with Gasteiger partial charge in [-0.3, -0.25) is 4.79 Å². The second kappa shape index (κ2) is 5.01. The molecule has 0 unspecified atom stereocenters. The lowest BCUT2D eigenvalue weighted by Gasteiger charge is -2.09. The van der Waals surface area contributed by atoms with Gasteiger partial charge in [-0.05, 0) is 30.5 Å². The molecule has 1 N–H and O–H groups in total. The van der Waals surface area contributed by atoms with Crippen LogP contribution >= 0.6 is 11.6 Å². The smallest absolute Gasteiger partial charge is 0.239 e. The first kappa shape index (κ1) is 11.1. The number of hydrogen-bond donors (Lipinski definition) is 1. The number of nitrogens with one attached hydrogen (secondary N) is 1. The van der Waals surface area contributed by atoms with Crippen molar-refractivity contribution in [3.63, 3.8) is 0 Å². The van der Waals surface area contributed by atoms with Crippen molar-refractivity contribution in [3.05, 3.63) is 29.3 Å². The van der Waals surface area contributed by atoms with Crippen molar-refractivity contribution in [1.29, 1.82) is 0 Å². The standard InChI is InChI=1S/C11H14ClNO/c1-3-9-5-4-8(2)6-10(9)13-11(14)7-12/h4-6H,3,7H2,1-2H3,(H,13,14). The lowest BCUT2D eigenvalue weighted by atomic mass is 10.1. The Bertz CT molecular complexity index is 336. The van der Waals surface area contributed by atoms with Crippen LogP contribution in [0.4, 0.5) is 5.69 Å². The van der Waals surface area contributed by atoms with Crippen molar-refractivity contribution in [1.82, 2.24) is 0 Å². The first-order valence-corrected chi connectivity index (χ1v) is 5.16. The molecule has 0 aliphatic rings. The van der Waals surface area contributed by atoms with Crippen LogP contribution in [-0.4, -0.2) is 11.8 Å². The fourth-order valence-corrected chi connectivity index (χ4v) is 1.37. The minimum absolute atomic E-state index is 0.00288. The van der Waals surface area contributed by atoms with Gasteiger partial charge in [0, 0.05) is 5.69 Å². The van der Waals surface area contributed by atoms with E-state index in [9.17, 15) is 4.79 Å². The van der Waals surface area contributed by atoms with Gasteiger partial charge in [0.1, 0.15) is 5.88 Å². The zero-order valence-electron chi connectivity index (χ0n) is 8.43. The molecule has 0 heterocycles. The molecule has 1 aromatic carbocycles. The van der Waals surface area contributed by atoms with Gasteiger partial charge in [-0.15, -0.1) is 11.6 Å². The highest BCUT2D eigenvalue weighted by Gasteiger charge is 2.04. The normalized spacial score (nSPS) is 9.93. The van der Waals surface area contributed by atoms with Gasteiger partial charge in [-0.1, -0.05) is 19.1 Å². The van der Waals surface area contributed by atoms with Crippen LogP contribution in [0.15, 0.2) is 18.2 Å².